The third-order valence-electron chi connectivity index (χ3n) is 8.96. The maximum atomic E-state index is 13.3. The Morgan fingerprint density at radius 3 is 2.56 bits per heavy atom. The van der Waals surface area contributed by atoms with Crippen molar-refractivity contribution in [2.45, 2.75) is 69.2 Å². The van der Waals surface area contributed by atoms with Crippen molar-refractivity contribution in [1.29, 1.82) is 0 Å². The van der Waals surface area contributed by atoms with Gasteiger partial charge in [-0.2, -0.15) is 0 Å². The topological polar surface area (TPSA) is 70.8 Å². The predicted octanol–water partition coefficient (Wildman–Crippen LogP) is 7.60. The Hall–Kier alpha value is -2.84. The molecule has 2 bridgehead atoms. The number of carbonyl (C=O) groups excluding carboxylic acids is 1. The molecule has 214 valence electrons. The van der Waals surface area contributed by atoms with Crippen LogP contribution in [0.25, 0.3) is 16.8 Å². The van der Waals surface area contributed by atoms with E-state index in [-0.39, 0.29) is 24.2 Å². The average molecular weight is 594 g/mol. The van der Waals surface area contributed by atoms with Crippen LogP contribution in [-0.2, 0) is 11.3 Å². The molecule has 4 heterocycles. The summed E-state index contributed by atoms with van der Waals surface area (Å²) in [7, 11) is 2.14. The van der Waals surface area contributed by atoms with Gasteiger partial charge in [0.25, 0.3) is 0 Å². The van der Waals surface area contributed by atoms with E-state index >= 15 is 0 Å². The second-order valence-corrected chi connectivity index (χ2v) is 12.7. The number of ether oxygens (including phenoxy) is 1. The highest BCUT2D eigenvalue weighted by molar-refractivity contribution is 6.39. The number of urea groups is 1. The highest BCUT2D eigenvalue weighted by Gasteiger charge is 2.48. The van der Waals surface area contributed by atoms with Crippen LogP contribution in [0.2, 0.25) is 10.0 Å². The Labute approximate surface area is 250 Å². The standard InChI is InChI=1S/C32H34Cl2N4O3/c1-37-12-10-19(11-13-37)21-4-2-5-22(14-21)35-32(39)38-23-15-24(38)17-25(16-23)40-18-26-30(36-41-31(26)20-8-9-20)29-27(33)6-3-7-28(29)34/h2-7,10,14,20,23-25H,8-9,11-13,15-18H2,1H3,(H,35,39). The Morgan fingerprint density at radius 1 is 1.10 bits per heavy atom. The SMILES string of the molecule is CN1CC=C(c2cccc(NC(=O)N3C4CC(OCc5c(-c6c(Cl)cccc6Cl)noc5C5CC5)CC3C4)c2)CC1. The van der Waals surface area contributed by atoms with Gasteiger partial charge in [-0.05, 0) is 81.0 Å². The first-order valence-corrected chi connectivity index (χ1v) is 15.3. The number of rotatable bonds is 7. The zero-order valence-corrected chi connectivity index (χ0v) is 24.6. The van der Waals surface area contributed by atoms with E-state index in [0.717, 1.165) is 68.6 Å². The predicted molar refractivity (Wildman–Crippen MR) is 161 cm³/mol. The van der Waals surface area contributed by atoms with E-state index in [1.165, 1.54) is 11.1 Å². The smallest absolute Gasteiger partial charge is 0.322 e. The summed E-state index contributed by atoms with van der Waals surface area (Å²) in [5.74, 6) is 1.26. The number of carbonyl (C=O) groups is 1. The van der Waals surface area contributed by atoms with Crippen molar-refractivity contribution >= 4 is 40.5 Å². The van der Waals surface area contributed by atoms with Crippen LogP contribution >= 0.6 is 23.2 Å². The molecule has 4 fully saturated rings. The van der Waals surface area contributed by atoms with Gasteiger partial charge in [-0.15, -0.1) is 0 Å². The first-order valence-electron chi connectivity index (χ1n) is 14.6. The zero-order valence-electron chi connectivity index (χ0n) is 23.1. The maximum Gasteiger partial charge on any atom is 0.322 e. The maximum absolute atomic E-state index is 13.3. The lowest BCUT2D eigenvalue weighted by molar-refractivity contribution is -0.0837. The van der Waals surface area contributed by atoms with E-state index in [2.05, 4.69) is 40.6 Å². The number of nitrogens with one attached hydrogen (secondary N) is 1. The molecule has 3 aromatic rings. The number of nitrogens with zero attached hydrogens (tertiary/aromatic N) is 3. The summed E-state index contributed by atoms with van der Waals surface area (Å²) in [5, 5.41) is 8.63. The molecular formula is C32H34Cl2N4O3. The first kappa shape index (κ1) is 27.0. The van der Waals surface area contributed by atoms with E-state index in [9.17, 15) is 4.79 Å². The molecule has 5 aliphatic rings. The fraction of sp³-hybridized carbons (Fsp3) is 0.438. The molecule has 2 aromatic carbocycles. The number of hydrogen-bond acceptors (Lipinski definition) is 5. The van der Waals surface area contributed by atoms with Gasteiger partial charge < -0.3 is 24.4 Å². The quantitative estimate of drug-likeness (QED) is 0.306. The van der Waals surface area contributed by atoms with E-state index < -0.39 is 0 Å². The Morgan fingerprint density at radius 2 is 1.85 bits per heavy atom. The number of likely N-dealkylation sites (N-methyl/N-ethyl adjacent to an activating group) is 1. The van der Waals surface area contributed by atoms with Crippen LogP contribution in [0.5, 0.6) is 0 Å². The fourth-order valence-corrected chi connectivity index (χ4v) is 7.14. The van der Waals surface area contributed by atoms with Crippen LogP contribution < -0.4 is 5.32 Å². The summed E-state index contributed by atoms with van der Waals surface area (Å²) in [6.45, 7) is 2.40. The van der Waals surface area contributed by atoms with E-state index in [1.807, 2.05) is 35.2 Å². The van der Waals surface area contributed by atoms with E-state index in [1.54, 1.807) is 0 Å². The van der Waals surface area contributed by atoms with Gasteiger partial charge in [-0.3, -0.25) is 0 Å². The molecule has 3 aliphatic heterocycles. The van der Waals surface area contributed by atoms with Crippen molar-refractivity contribution < 1.29 is 14.1 Å². The zero-order chi connectivity index (χ0) is 28.1. The summed E-state index contributed by atoms with van der Waals surface area (Å²) >= 11 is 13.0. The fourth-order valence-electron chi connectivity index (χ4n) is 6.56. The van der Waals surface area contributed by atoms with Crippen molar-refractivity contribution in [2.24, 2.45) is 0 Å². The van der Waals surface area contributed by atoms with Gasteiger partial charge in [0, 0.05) is 47.9 Å². The summed E-state index contributed by atoms with van der Waals surface area (Å²) < 4.78 is 12.3. The molecule has 7 nitrogen and oxygen atoms in total. The van der Waals surface area contributed by atoms with Crippen LogP contribution in [0, 0.1) is 0 Å². The molecule has 1 N–H and O–H groups in total. The molecule has 2 amide bonds. The van der Waals surface area contributed by atoms with Crippen molar-refractivity contribution in [3.63, 3.8) is 0 Å². The molecule has 2 saturated heterocycles. The summed E-state index contributed by atoms with van der Waals surface area (Å²) in [5.41, 5.74) is 5.67. The van der Waals surface area contributed by atoms with Crippen LogP contribution in [-0.4, -0.2) is 59.3 Å². The average Bonchev–Trinajstić information content (AvgIpc) is 3.72. The lowest BCUT2D eigenvalue weighted by Gasteiger charge is -2.54. The van der Waals surface area contributed by atoms with Crippen LogP contribution in [0.15, 0.2) is 53.1 Å². The summed E-state index contributed by atoms with van der Waals surface area (Å²) in [4.78, 5) is 17.6. The molecule has 9 heteroatoms. The van der Waals surface area contributed by atoms with Crippen molar-refractivity contribution in [2.75, 3.05) is 25.5 Å². The van der Waals surface area contributed by atoms with E-state index in [4.69, 9.17) is 32.5 Å². The van der Waals surface area contributed by atoms with Crippen LogP contribution in [0.4, 0.5) is 10.5 Å². The molecule has 2 unspecified atom stereocenters. The molecule has 2 saturated carbocycles. The van der Waals surface area contributed by atoms with E-state index in [0.29, 0.717) is 33.8 Å². The minimum atomic E-state index is -0.0232. The Kier molecular flexibility index (Phi) is 7.32. The monoisotopic (exact) mass is 592 g/mol. The number of amides is 2. The van der Waals surface area contributed by atoms with Crippen molar-refractivity contribution in [3.05, 3.63) is 75.5 Å². The summed E-state index contributed by atoms with van der Waals surface area (Å²) in [6, 6.07) is 14.0. The molecule has 0 spiro atoms. The lowest BCUT2D eigenvalue weighted by Crippen LogP contribution is -2.65. The normalized spacial score (nSPS) is 24.1. The van der Waals surface area contributed by atoms with Crippen LogP contribution in [0.3, 0.4) is 0 Å². The first-order chi connectivity index (χ1) is 19.9. The number of hydrogen-bond donors (Lipinski definition) is 1. The van der Waals surface area contributed by atoms with Gasteiger partial charge in [0.05, 0.1) is 22.8 Å². The van der Waals surface area contributed by atoms with Crippen molar-refractivity contribution in [3.8, 4) is 11.3 Å². The highest BCUT2D eigenvalue weighted by Crippen LogP contribution is 2.47. The Bertz CT molecular complexity index is 1470. The minimum Gasteiger partial charge on any atom is -0.373 e. The molecule has 2 atom stereocenters. The number of halogens is 2. The number of piperidine rings is 1. The third-order valence-corrected chi connectivity index (χ3v) is 9.59. The van der Waals surface area contributed by atoms with Gasteiger partial charge in [-0.1, -0.05) is 52.6 Å². The second kappa shape index (κ2) is 11.1. The molecule has 8 rings (SSSR count). The number of anilines is 1. The second-order valence-electron chi connectivity index (χ2n) is 11.9. The van der Waals surface area contributed by atoms with Gasteiger partial charge in [0.2, 0.25) is 0 Å². The van der Waals surface area contributed by atoms with Gasteiger partial charge in [0.1, 0.15) is 11.5 Å². The van der Waals surface area contributed by atoms with Gasteiger partial charge >= 0.3 is 6.03 Å². The number of fused-ring (bicyclic) bond motifs is 2. The minimum absolute atomic E-state index is 0.0232. The van der Waals surface area contributed by atoms with Gasteiger partial charge in [0.15, 0.2) is 0 Å². The van der Waals surface area contributed by atoms with Crippen LogP contribution in [0.1, 0.15) is 61.3 Å². The van der Waals surface area contributed by atoms with Crippen molar-refractivity contribution in [1.82, 2.24) is 15.0 Å². The molecule has 0 radical (unpaired) electrons. The lowest BCUT2D eigenvalue weighted by atomic mass is 9.78. The largest absolute Gasteiger partial charge is 0.373 e. The third kappa shape index (κ3) is 5.41. The van der Waals surface area contributed by atoms with Gasteiger partial charge in [-0.25, -0.2) is 4.79 Å². The number of aromatic nitrogens is 1. The Balaban J connectivity index is 0.992. The molecule has 41 heavy (non-hydrogen) atoms. The molecule has 1 aromatic heterocycles. The molecule has 2 aliphatic carbocycles. The number of benzene rings is 2. The summed E-state index contributed by atoms with van der Waals surface area (Å²) in [6.07, 6.45) is 8.21. The molecular weight excluding hydrogens is 559 g/mol. The highest BCUT2D eigenvalue weighted by atomic mass is 35.5.